The van der Waals surface area contributed by atoms with E-state index in [1.807, 2.05) is 26.0 Å². The minimum Gasteiger partial charge on any atom is -0.423 e. The molecule has 0 bridgehead atoms. The number of aromatic nitrogens is 3. The predicted octanol–water partition coefficient (Wildman–Crippen LogP) is 1.77. The lowest BCUT2D eigenvalue weighted by Crippen LogP contribution is -2.00. The molecule has 1 aromatic heterocycles. The molecule has 0 aliphatic rings. The molecule has 0 atom stereocenters. The first-order valence-electron chi connectivity index (χ1n) is 5.25. The zero-order valence-corrected chi connectivity index (χ0v) is 9.71. The van der Waals surface area contributed by atoms with Crippen LogP contribution in [0, 0.1) is 13.8 Å². The number of ether oxygens (including phenoxy) is 1. The Morgan fingerprint density at radius 1 is 1.12 bits per heavy atom. The molecule has 2 rings (SSSR count). The van der Waals surface area contributed by atoms with E-state index in [0.29, 0.717) is 11.3 Å². The molecular formula is C12H13N3O2. The molecule has 0 spiro atoms. The maximum absolute atomic E-state index is 9.16. The van der Waals surface area contributed by atoms with Gasteiger partial charge >= 0.3 is 6.01 Å². The van der Waals surface area contributed by atoms with E-state index >= 15 is 0 Å². The molecule has 1 aromatic carbocycles. The van der Waals surface area contributed by atoms with Crippen molar-refractivity contribution in [2.45, 2.75) is 20.5 Å². The molecule has 5 heteroatoms. The van der Waals surface area contributed by atoms with Gasteiger partial charge in [-0.25, -0.2) is 0 Å². The van der Waals surface area contributed by atoms with Gasteiger partial charge in [0.25, 0.3) is 0 Å². The number of nitrogens with zero attached hydrogens (tertiary/aromatic N) is 3. The summed E-state index contributed by atoms with van der Waals surface area (Å²) in [5.41, 5.74) is 2.23. The van der Waals surface area contributed by atoms with Crippen LogP contribution in [0.2, 0.25) is 0 Å². The van der Waals surface area contributed by atoms with Gasteiger partial charge in [-0.1, -0.05) is 23.3 Å². The molecule has 0 unspecified atom stereocenters. The second-order valence-corrected chi connectivity index (χ2v) is 3.63. The lowest BCUT2D eigenvalue weighted by atomic mass is 10.2. The number of aliphatic hydroxyl groups is 1. The summed E-state index contributed by atoms with van der Waals surface area (Å²) in [4.78, 5) is 4.17. The molecule has 1 heterocycles. The topological polar surface area (TPSA) is 68.1 Å². The number of aliphatic hydroxyl groups excluding tert-OH is 1. The van der Waals surface area contributed by atoms with E-state index in [-0.39, 0.29) is 12.6 Å². The van der Waals surface area contributed by atoms with Crippen LogP contribution in [-0.4, -0.2) is 20.3 Å². The Morgan fingerprint density at radius 2 is 1.88 bits per heavy atom. The Morgan fingerprint density at radius 3 is 2.59 bits per heavy atom. The Hall–Kier alpha value is -2.01. The van der Waals surface area contributed by atoms with Gasteiger partial charge in [-0.05, 0) is 19.9 Å². The van der Waals surface area contributed by atoms with Crippen molar-refractivity contribution in [2.24, 2.45) is 0 Å². The molecular weight excluding hydrogens is 218 g/mol. The van der Waals surface area contributed by atoms with Crippen LogP contribution >= 0.6 is 0 Å². The second kappa shape index (κ2) is 4.88. The number of rotatable bonds is 3. The molecule has 2 aromatic rings. The summed E-state index contributed by atoms with van der Waals surface area (Å²) in [7, 11) is 0. The molecule has 0 amide bonds. The van der Waals surface area contributed by atoms with Crippen molar-refractivity contribution in [3.05, 3.63) is 41.2 Å². The first kappa shape index (κ1) is 11.5. The zero-order chi connectivity index (χ0) is 12.3. The van der Waals surface area contributed by atoms with Crippen LogP contribution in [0.25, 0.3) is 0 Å². The molecule has 1 N–H and O–H groups in total. The number of hydrogen-bond donors (Lipinski definition) is 1. The molecule has 0 aliphatic heterocycles. The Labute approximate surface area is 99.1 Å². The third kappa shape index (κ3) is 2.57. The van der Waals surface area contributed by atoms with Crippen LogP contribution in [0.1, 0.15) is 17.0 Å². The van der Waals surface area contributed by atoms with Gasteiger partial charge in [-0.2, -0.15) is 4.98 Å². The Kier molecular flexibility index (Phi) is 3.30. The van der Waals surface area contributed by atoms with Crippen molar-refractivity contribution in [3.63, 3.8) is 0 Å². The SMILES string of the molecule is Cc1nnc(Oc2ccccc2CO)nc1C. The monoisotopic (exact) mass is 231 g/mol. The highest BCUT2D eigenvalue weighted by Gasteiger charge is 2.07. The quantitative estimate of drug-likeness (QED) is 0.871. The Bertz CT molecular complexity index is 529. The minimum absolute atomic E-state index is 0.0888. The number of aryl methyl sites for hydroxylation is 2. The van der Waals surface area contributed by atoms with Crippen LogP contribution in [0.4, 0.5) is 0 Å². The summed E-state index contributed by atoms with van der Waals surface area (Å²) < 4.78 is 5.49. The van der Waals surface area contributed by atoms with E-state index in [9.17, 15) is 0 Å². The average molecular weight is 231 g/mol. The van der Waals surface area contributed by atoms with Gasteiger partial charge in [-0.3, -0.25) is 0 Å². The summed E-state index contributed by atoms with van der Waals surface area (Å²) in [5, 5.41) is 16.9. The lowest BCUT2D eigenvalue weighted by molar-refractivity contribution is 0.275. The minimum atomic E-state index is -0.0888. The highest BCUT2D eigenvalue weighted by molar-refractivity contribution is 5.34. The smallest absolute Gasteiger partial charge is 0.341 e. The normalized spacial score (nSPS) is 10.3. The fourth-order valence-electron chi connectivity index (χ4n) is 1.31. The molecule has 5 nitrogen and oxygen atoms in total. The van der Waals surface area contributed by atoms with Crippen molar-refractivity contribution >= 4 is 0 Å². The zero-order valence-electron chi connectivity index (χ0n) is 9.71. The third-order valence-corrected chi connectivity index (χ3v) is 2.42. The molecule has 0 fully saturated rings. The molecule has 0 aliphatic carbocycles. The second-order valence-electron chi connectivity index (χ2n) is 3.63. The molecule has 0 saturated heterocycles. The van der Waals surface area contributed by atoms with E-state index in [0.717, 1.165) is 11.4 Å². The lowest BCUT2D eigenvalue weighted by Gasteiger charge is -2.07. The highest BCUT2D eigenvalue weighted by Crippen LogP contribution is 2.22. The number of hydrogen-bond acceptors (Lipinski definition) is 5. The fraction of sp³-hybridized carbons (Fsp3) is 0.250. The first-order valence-corrected chi connectivity index (χ1v) is 5.25. The fourth-order valence-corrected chi connectivity index (χ4v) is 1.31. The van der Waals surface area contributed by atoms with E-state index < -0.39 is 0 Å². The van der Waals surface area contributed by atoms with Crippen LogP contribution in [0.15, 0.2) is 24.3 Å². The highest BCUT2D eigenvalue weighted by atomic mass is 16.5. The standard InChI is InChI=1S/C12H13N3O2/c1-8-9(2)14-15-12(13-8)17-11-6-4-3-5-10(11)7-16/h3-6,16H,7H2,1-2H3. The summed E-state index contributed by atoms with van der Waals surface area (Å²) in [6.07, 6.45) is 0. The average Bonchev–Trinajstić information content (AvgIpc) is 2.34. The van der Waals surface area contributed by atoms with Crippen LogP contribution in [-0.2, 0) is 6.61 Å². The Balaban J connectivity index is 2.28. The summed E-state index contributed by atoms with van der Waals surface area (Å²) in [6, 6.07) is 7.38. The van der Waals surface area contributed by atoms with Gasteiger partial charge < -0.3 is 9.84 Å². The van der Waals surface area contributed by atoms with Gasteiger partial charge in [0.2, 0.25) is 0 Å². The maximum atomic E-state index is 9.16. The van der Waals surface area contributed by atoms with E-state index in [4.69, 9.17) is 9.84 Å². The van der Waals surface area contributed by atoms with Crippen LogP contribution < -0.4 is 4.74 Å². The number of benzene rings is 1. The predicted molar refractivity (Wildman–Crippen MR) is 61.7 cm³/mol. The number of para-hydroxylation sites is 1. The van der Waals surface area contributed by atoms with E-state index in [1.165, 1.54) is 0 Å². The van der Waals surface area contributed by atoms with Gasteiger partial charge in [0.05, 0.1) is 18.0 Å². The largest absolute Gasteiger partial charge is 0.423 e. The van der Waals surface area contributed by atoms with Crippen LogP contribution in [0.3, 0.4) is 0 Å². The first-order chi connectivity index (χ1) is 8.20. The van der Waals surface area contributed by atoms with E-state index in [1.54, 1.807) is 12.1 Å². The van der Waals surface area contributed by atoms with Gasteiger partial charge in [-0.15, -0.1) is 5.10 Å². The maximum Gasteiger partial charge on any atom is 0.341 e. The van der Waals surface area contributed by atoms with Crippen molar-refractivity contribution in [2.75, 3.05) is 0 Å². The van der Waals surface area contributed by atoms with Crippen molar-refractivity contribution in [1.82, 2.24) is 15.2 Å². The molecule has 17 heavy (non-hydrogen) atoms. The molecule has 88 valence electrons. The molecule has 0 saturated carbocycles. The van der Waals surface area contributed by atoms with Gasteiger partial charge in [0.15, 0.2) is 0 Å². The molecule has 0 radical (unpaired) electrons. The van der Waals surface area contributed by atoms with Crippen molar-refractivity contribution in [3.8, 4) is 11.8 Å². The van der Waals surface area contributed by atoms with Gasteiger partial charge in [0.1, 0.15) is 5.75 Å². The van der Waals surface area contributed by atoms with Crippen molar-refractivity contribution in [1.29, 1.82) is 0 Å². The third-order valence-electron chi connectivity index (χ3n) is 2.42. The summed E-state index contributed by atoms with van der Waals surface area (Å²) in [6.45, 7) is 3.59. The van der Waals surface area contributed by atoms with Crippen molar-refractivity contribution < 1.29 is 9.84 Å². The van der Waals surface area contributed by atoms with Gasteiger partial charge in [0, 0.05) is 5.56 Å². The van der Waals surface area contributed by atoms with Crippen LogP contribution in [0.5, 0.6) is 11.8 Å². The summed E-state index contributed by atoms with van der Waals surface area (Å²) >= 11 is 0. The summed E-state index contributed by atoms with van der Waals surface area (Å²) in [5.74, 6) is 0.542. The van der Waals surface area contributed by atoms with E-state index in [2.05, 4.69) is 15.2 Å².